The molecule has 0 aliphatic heterocycles. The SMILES string of the molecule is CCN(C)CCNC(=O)c1cc(N)cc(C)c1F. The molecule has 3 N–H and O–H groups in total. The van der Waals surface area contributed by atoms with Crippen molar-refractivity contribution in [3.05, 3.63) is 29.1 Å². The lowest BCUT2D eigenvalue weighted by Crippen LogP contribution is -2.33. The van der Waals surface area contributed by atoms with Gasteiger partial charge in [-0.05, 0) is 38.2 Å². The fraction of sp³-hybridized carbons (Fsp3) is 0.462. The number of nitrogens with two attached hydrogens (primary N) is 1. The third-order valence-corrected chi connectivity index (χ3v) is 2.84. The molecule has 0 aliphatic carbocycles. The Kier molecular flexibility index (Phi) is 5.09. The first-order valence-corrected chi connectivity index (χ1v) is 5.98. The van der Waals surface area contributed by atoms with Crippen molar-refractivity contribution in [2.24, 2.45) is 0 Å². The summed E-state index contributed by atoms with van der Waals surface area (Å²) >= 11 is 0. The van der Waals surface area contributed by atoms with E-state index in [0.717, 1.165) is 13.1 Å². The Labute approximate surface area is 107 Å². The fourth-order valence-electron chi connectivity index (χ4n) is 1.58. The summed E-state index contributed by atoms with van der Waals surface area (Å²) in [5.74, 6) is -0.932. The van der Waals surface area contributed by atoms with Crippen LogP contribution >= 0.6 is 0 Å². The Morgan fingerprint density at radius 2 is 2.17 bits per heavy atom. The zero-order valence-corrected chi connectivity index (χ0v) is 11.1. The molecule has 0 heterocycles. The second-order valence-corrected chi connectivity index (χ2v) is 4.35. The van der Waals surface area contributed by atoms with Crippen LogP contribution in [0.5, 0.6) is 0 Å². The highest BCUT2D eigenvalue weighted by molar-refractivity contribution is 5.95. The molecular formula is C13H20FN3O. The molecule has 0 radical (unpaired) electrons. The van der Waals surface area contributed by atoms with Crippen molar-refractivity contribution in [2.75, 3.05) is 32.4 Å². The molecule has 1 amide bonds. The first-order valence-electron chi connectivity index (χ1n) is 5.98. The van der Waals surface area contributed by atoms with Gasteiger partial charge in [0.2, 0.25) is 0 Å². The molecule has 0 atom stereocenters. The van der Waals surface area contributed by atoms with Gasteiger partial charge in [0.05, 0.1) is 5.56 Å². The van der Waals surface area contributed by atoms with Crippen LogP contribution in [0.1, 0.15) is 22.8 Å². The van der Waals surface area contributed by atoms with Gasteiger partial charge in [-0.3, -0.25) is 4.79 Å². The molecule has 0 saturated heterocycles. The minimum absolute atomic E-state index is 0.00616. The van der Waals surface area contributed by atoms with Crippen molar-refractivity contribution in [1.29, 1.82) is 0 Å². The number of nitrogens with one attached hydrogen (secondary N) is 1. The third-order valence-electron chi connectivity index (χ3n) is 2.84. The lowest BCUT2D eigenvalue weighted by molar-refractivity contribution is 0.0946. The monoisotopic (exact) mass is 253 g/mol. The van der Waals surface area contributed by atoms with Crippen LogP contribution in [-0.2, 0) is 0 Å². The highest BCUT2D eigenvalue weighted by atomic mass is 19.1. The van der Waals surface area contributed by atoms with E-state index in [0.29, 0.717) is 17.8 Å². The number of carbonyl (C=O) groups excluding carboxylic acids is 1. The van der Waals surface area contributed by atoms with E-state index < -0.39 is 11.7 Å². The van der Waals surface area contributed by atoms with E-state index in [1.54, 1.807) is 6.92 Å². The zero-order chi connectivity index (χ0) is 13.7. The van der Waals surface area contributed by atoms with Crippen LogP contribution in [0.2, 0.25) is 0 Å². The summed E-state index contributed by atoms with van der Waals surface area (Å²) in [6, 6.07) is 2.87. The summed E-state index contributed by atoms with van der Waals surface area (Å²) in [6.45, 7) is 5.74. The molecule has 0 aromatic heterocycles. The van der Waals surface area contributed by atoms with Crippen LogP contribution < -0.4 is 11.1 Å². The van der Waals surface area contributed by atoms with Gasteiger partial charge in [-0.15, -0.1) is 0 Å². The van der Waals surface area contributed by atoms with E-state index >= 15 is 0 Å². The smallest absolute Gasteiger partial charge is 0.254 e. The minimum atomic E-state index is -0.509. The number of carbonyl (C=O) groups is 1. The number of hydrogen-bond donors (Lipinski definition) is 2. The molecule has 5 heteroatoms. The highest BCUT2D eigenvalue weighted by Gasteiger charge is 2.14. The standard InChI is InChI=1S/C13H20FN3O/c1-4-17(3)6-5-16-13(18)11-8-10(15)7-9(2)12(11)14/h7-8H,4-6,15H2,1-3H3,(H,16,18). The number of rotatable bonds is 5. The van der Waals surface area contributed by atoms with Gasteiger partial charge < -0.3 is 16.0 Å². The highest BCUT2D eigenvalue weighted by Crippen LogP contribution is 2.16. The molecule has 4 nitrogen and oxygen atoms in total. The summed E-state index contributed by atoms with van der Waals surface area (Å²) in [7, 11) is 1.96. The minimum Gasteiger partial charge on any atom is -0.399 e. The van der Waals surface area contributed by atoms with Crippen LogP contribution in [0.15, 0.2) is 12.1 Å². The number of nitrogen functional groups attached to an aromatic ring is 1. The molecular weight excluding hydrogens is 233 g/mol. The number of anilines is 1. The van der Waals surface area contributed by atoms with E-state index in [2.05, 4.69) is 10.2 Å². The summed E-state index contributed by atoms with van der Waals surface area (Å²) < 4.78 is 13.8. The van der Waals surface area contributed by atoms with E-state index in [-0.39, 0.29) is 5.56 Å². The predicted octanol–water partition coefficient (Wildman–Crippen LogP) is 1.40. The Bertz CT molecular complexity index is 434. The predicted molar refractivity (Wildman–Crippen MR) is 71.1 cm³/mol. The molecule has 1 aromatic carbocycles. The average Bonchev–Trinajstić information content (AvgIpc) is 2.33. The van der Waals surface area contributed by atoms with E-state index in [1.807, 2.05) is 14.0 Å². The second-order valence-electron chi connectivity index (χ2n) is 4.35. The molecule has 100 valence electrons. The Morgan fingerprint density at radius 1 is 1.50 bits per heavy atom. The number of halogens is 1. The maximum absolute atomic E-state index is 13.8. The lowest BCUT2D eigenvalue weighted by atomic mass is 10.1. The molecule has 0 spiro atoms. The van der Waals surface area contributed by atoms with Crippen molar-refractivity contribution >= 4 is 11.6 Å². The van der Waals surface area contributed by atoms with Gasteiger partial charge in [0.1, 0.15) is 5.82 Å². The number of aryl methyl sites for hydroxylation is 1. The van der Waals surface area contributed by atoms with Crippen LogP contribution in [-0.4, -0.2) is 37.5 Å². The molecule has 18 heavy (non-hydrogen) atoms. The molecule has 0 aliphatic rings. The second kappa shape index (κ2) is 6.35. The van der Waals surface area contributed by atoms with Crippen LogP contribution in [0, 0.1) is 12.7 Å². The van der Waals surface area contributed by atoms with Gasteiger partial charge in [-0.1, -0.05) is 6.92 Å². The summed E-state index contributed by atoms with van der Waals surface area (Å²) in [6.07, 6.45) is 0. The normalized spacial score (nSPS) is 10.7. The lowest BCUT2D eigenvalue weighted by Gasteiger charge is -2.14. The van der Waals surface area contributed by atoms with E-state index in [4.69, 9.17) is 5.73 Å². The molecule has 0 fully saturated rings. The fourth-order valence-corrected chi connectivity index (χ4v) is 1.58. The third kappa shape index (κ3) is 3.70. The van der Waals surface area contributed by atoms with E-state index in [1.165, 1.54) is 12.1 Å². The number of likely N-dealkylation sites (N-methyl/N-ethyl adjacent to an activating group) is 1. The Balaban J connectivity index is 2.67. The van der Waals surface area contributed by atoms with Crippen LogP contribution in [0.4, 0.5) is 10.1 Å². The molecule has 1 aromatic rings. The zero-order valence-electron chi connectivity index (χ0n) is 11.1. The maximum atomic E-state index is 13.8. The average molecular weight is 253 g/mol. The molecule has 1 rings (SSSR count). The van der Waals surface area contributed by atoms with Crippen LogP contribution in [0.25, 0.3) is 0 Å². The molecule has 0 unspecified atom stereocenters. The summed E-state index contributed by atoms with van der Waals surface area (Å²) in [5.41, 5.74) is 6.39. The number of amides is 1. The number of nitrogens with zero attached hydrogens (tertiary/aromatic N) is 1. The van der Waals surface area contributed by atoms with Crippen molar-refractivity contribution in [1.82, 2.24) is 10.2 Å². The van der Waals surface area contributed by atoms with Crippen molar-refractivity contribution in [3.63, 3.8) is 0 Å². The van der Waals surface area contributed by atoms with Gasteiger partial charge in [-0.25, -0.2) is 4.39 Å². The van der Waals surface area contributed by atoms with Gasteiger partial charge in [0, 0.05) is 18.8 Å². The number of benzene rings is 1. The van der Waals surface area contributed by atoms with Gasteiger partial charge in [0.15, 0.2) is 0 Å². The van der Waals surface area contributed by atoms with Gasteiger partial charge >= 0.3 is 0 Å². The van der Waals surface area contributed by atoms with Crippen LogP contribution in [0.3, 0.4) is 0 Å². The summed E-state index contributed by atoms with van der Waals surface area (Å²) in [5, 5.41) is 2.68. The quantitative estimate of drug-likeness (QED) is 0.780. The topological polar surface area (TPSA) is 58.4 Å². The van der Waals surface area contributed by atoms with Gasteiger partial charge in [-0.2, -0.15) is 0 Å². The van der Waals surface area contributed by atoms with Crippen molar-refractivity contribution in [3.8, 4) is 0 Å². The Morgan fingerprint density at radius 3 is 2.78 bits per heavy atom. The van der Waals surface area contributed by atoms with Crippen molar-refractivity contribution < 1.29 is 9.18 Å². The molecule has 0 saturated carbocycles. The Hall–Kier alpha value is -1.62. The maximum Gasteiger partial charge on any atom is 0.254 e. The van der Waals surface area contributed by atoms with Gasteiger partial charge in [0.25, 0.3) is 5.91 Å². The van der Waals surface area contributed by atoms with E-state index in [9.17, 15) is 9.18 Å². The first-order chi connectivity index (χ1) is 8.45. The summed E-state index contributed by atoms with van der Waals surface area (Å²) in [4.78, 5) is 13.9. The largest absolute Gasteiger partial charge is 0.399 e. The first kappa shape index (κ1) is 14.4. The molecule has 0 bridgehead atoms. The number of hydrogen-bond acceptors (Lipinski definition) is 3. The van der Waals surface area contributed by atoms with Crippen molar-refractivity contribution in [2.45, 2.75) is 13.8 Å².